The van der Waals surface area contributed by atoms with Gasteiger partial charge in [0.25, 0.3) is 0 Å². The molecule has 0 aliphatic heterocycles. The van der Waals surface area contributed by atoms with Crippen LogP contribution in [0.4, 0.5) is 0 Å². The minimum absolute atomic E-state index is 0.0429. The number of aromatic nitrogens is 6. The Kier molecular flexibility index (Phi) is 5.02. The van der Waals surface area contributed by atoms with Crippen molar-refractivity contribution >= 4 is 5.91 Å². The third-order valence-corrected chi connectivity index (χ3v) is 3.57. The zero-order valence-corrected chi connectivity index (χ0v) is 12.7. The highest BCUT2D eigenvalue weighted by atomic mass is 16.1. The Hall–Kier alpha value is -2.25. The molecule has 0 aromatic carbocycles. The van der Waals surface area contributed by atoms with Crippen LogP contribution in [0.15, 0.2) is 6.33 Å². The van der Waals surface area contributed by atoms with Gasteiger partial charge in [-0.2, -0.15) is 5.10 Å². The van der Waals surface area contributed by atoms with Crippen molar-refractivity contribution in [3.63, 3.8) is 0 Å². The number of rotatable bonds is 7. The molecule has 0 saturated carbocycles. The van der Waals surface area contributed by atoms with Crippen molar-refractivity contribution in [2.24, 2.45) is 0 Å². The molecule has 0 bridgehead atoms. The van der Waals surface area contributed by atoms with Crippen LogP contribution in [-0.2, 0) is 17.9 Å². The van der Waals surface area contributed by atoms with Crippen molar-refractivity contribution in [1.29, 1.82) is 0 Å². The molecule has 1 amide bonds. The van der Waals surface area contributed by atoms with E-state index >= 15 is 0 Å². The third kappa shape index (κ3) is 4.11. The Morgan fingerprint density at radius 2 is 2.10 bits per heavy atom. The molecule has 21 heavy (non-hydrogen) atoms. The number of hydrogen-bond donors (Lipinski definition) is 1. The molecule has 2 aromatic rings. The number of nitrogens with one attached hydrogen (secondary N) is 1. The molecule has 1 N–H and O–H groups in total. The molecule has 2 aromatic heterocycles. The van der Waals surface area contributed by atoms with E-state index in [1.807, 2.05) is 18.5 Å². The van der Waals surface area contributed by atoms with Gasteiger partial charge in [0.1, 0.15) is 6.33 Å². The first-order chi connectivity index (χ1) is 10.1. The van der Waals surface area contributed by atoms with Crippen molar-refractivity contribution in [2.75, 3.05) is 6.54 Å². The minimum Gasteiger partial charge on any atom is -0.354 e. The van der Waals surface area contributed by atoms with E-state index in [2.05, 4.69) is 32.9 Å². The smallest absolute Gasteiger partial charge is 0.220 e. The van der Waals surface area contributed by atoms with Crippen LogP contribution in [0.25, 0.3) is 0 Å². The van der Waals surface area contributed by atoms with Crippen LogP contribution in [0.2, 0.25) is 0 Å². The van der Waals surface area contributed by atoms with Crippen LogP contribution in [0.3, 0.4) is 0 Å². The monoisotopic (exact) mass is 291 g/mol. The Balaban J connectivity index is 1.66. The van der Waals surface area contributed by atoms with Crippen molar-refractivity contribution in [3.8, 4) is 0 Å². The molecule has 0 aliphatic carbocycles. The van der Waals surface area contributed by atoms with Crippen molar-refractivity contribution in [2.45, 2.75) is 46.7 Å². The normalized spacial score (nSPS) is 10.8. The molecule has 0 aliphatic rings. The first-order valence-electron chi connectivity index (χ1n) is 7.06. The Bertz CT molecular complexity index is 588. The second-order valence-electron chi connectivity index (χ2n) is 5.05. The minimum atomic E-state index is 0.0429. The first kappa shape index (κ1) is 15.1. The maximum atomic E-state index is 11.7. The number of tetrazole rings is 1. The summed E-state index contributed by atoms with van der Waals surface area (Å²) in [6.07, 6.45) is 2.73. The van der Waals surface area contributed by atoms with Gasteiger partial charge in [-0.05, 0) is 43.2 Å². The summed E-state index contributed by atoms with van der Waals surface area (Å²) in [6, 6.07) is 0. The van der Waals surface area contributed by atoms with Crippen LogP contribution in [-0.4, -0.2) is 42.4 Å². The molecule has 2 rings (SSSR count). The summed E-state index contributed by atoms with van der Waals surface area (Å²) in [5, 5.41) is 18.2. The average Bonchev–Trinajstić information content (AvgIpc) is 3.04. The summed E-state index contributed by atoms with van der Waals surface area (Å²) in [7, 11) is 0. The summed E-state index contributed by atoms with van der Waals surface area (Å²) in [4.78, 5) is 11.7. The van der Waals surface area contributed by atoms with E-state index in [0.29, 0.717) is 26.1 Å². The highest BCUT2D eigenvalue weighted by Gasteiger charge is 2.07. The van der Waals surface area contributed by atoms with Crippen LogP contribution >= 0.6 is 0 Å². The second-order valence-corrected chi connectivity index (χ2v) is 5.05. The highest BCUT2D eigenvalue weighted by molar-refractivity contribution is 5.75. The molecule has 0 unspecified atom stereocenters. The van der Waals surface area contributed by atoms with Crippen molar-refractivity contribution < 1.29 is 4.79 Å². The van der Waals surface area contributed by atoms with Crippen LogP contribution in [0, 0.1) is 20.8 Å². The van der Waals surface area contributed by atoms with Crippen LogP contribution in [0.1, 0.15) is 29.8 Å². The lowest BCUT2D eigenvalue weighted by Crippen LogP contribution is -2.27. The van der Waals surface area contributed by atoms with Gasteiger partial charge in [-0.1, -0.05) is 0 Å². The molecule has 0 radical (unpaired) electrons. The molecule has 0 fully saturated rings. The van der Waals surface area contributed by atoms with Gasteiger partial charge in [-0.15, -0.1) is 5.10 Å². The van der Waals surface area contributed by atoms with E-state index in [9.17, 15) is 4.79 Å². The maximum Gasteiger partial charge on any atom is 0.220 e. The lowest BCUT2D eigenvalue weighted by molar-refractivity contribution is -0.121. The van der Waals surface area contributed by atoms with Crippen molar-refractivity contribution in [1.82, 2.24) is 35.3 Å². The molecule has 0 spiro atoms. The third-order valence-electron chi connectivity index (χ3n) is 3.57. The predicted molar refractivity (Wildman–Crippen MR) is 76.5 cm³/mol. The number of amides is 1. The fourth-order valence-corrected chi connectivity index (χ4v) is 2.08. The Morgan fingerprint density at radius 1 is 1.29 bits per heavy atom. The van der Waals surface area contributed by atoms with Crippen LogP contribution < -0.4 is 5.32 Å². The van der Waals surface area contributed by atoms with E-state index in [0.717, 1.165) is 17.8 Å². The number of carbonyl (C=O) groups excluding carboxylic acids is 1. The number of aryl methyl sites for hydroxylation is 2. The predicted octanol–water partition coefficient (Wildman–Crippen LogP) is 0.391. The molecule has 0 saturated heterocycles. The van der Waals surface area contributed by atoms with Gasteiger partial charge in [0.2, 0.25) is 5.91 Å². The topological polar surface area (TPSA) is 90.5 Å². The average molecular weight is 291 g/mol. The van der Waals surface area contributed by atoms with Gasteiger partial charge in [-0.25, -0.2) is 4.68 Å². The van der Waals surface area contributed by atoms with Gasteiger partial charge >= 0.3 is 0 Å². The van der Waals surface area contributed by atoms with Gasteiger partial charge in [0.05, 0.1) is 12.2 Å². The molecule has 2 heterocycles. The quantitative estimate of drug-likeness (QED) is 0.797. The maximum absolute atomic E-state index is 11.7. The van der Waals surface area contributed by atoms with Crippen LogP contribution in [0.5, 0.6) is 0 Å². The fourth-order valence-electron chi connectivity index (χ4n) is 2.08. The van der Waals surface area contributed by atoms with E-state index in [-0.39, 0.29) is 5.91 Å². The zero-order chi connectivity index (χ0) is 15.2. The van der Waals surface area contributed by atoms with Gasteiger partial charge < -0.3 is 5.32 Å². The molecule has 8 nitrogen and oxygen atoms in total. The van der Waals surface area contributed by atoms with E-state index < -0.39 is 0 Å². The SMILES string of the molecule is Cc1nn(CCNC(=O)CCCn2cnnn2)c(C)c1C. The summed E-state index contributed by atoms with van der Waals surface area (Å²) >= 11 is 0. The molecular formula is C13H21N7O. The highest BCUT2D eigenvalue weighted by Crippen LogP contribution is 2.10. The fraction of sp³-hybridized carbons (Fsp3) is 0.615. The standard InChI is InChI=1S/C13H21N7O/c1-10-11(2)16-20(12(10)3)8-6-14-13(21)5-4-7-19-9-15-17-18-19/h9H,4-8H2,1-3H3,(H,14,21). The van der Waals surface area contributed by atoms with Gasteiger partial charge in [-0.3, -0.25) is 9.48 Å². The molecule has 8 heteroatoms. The molecule has 0 atom stereocenters. The summed E-state index contributed by atoms with van der Waals surface area (Å²) < 4.78 is 3.55. The Labute approximate surface area is 123 Å². The number of nitrogens with zero attached hydrogens (tertiary/aromatic N) is 6. The van der Waals surface area contributed by atoms with E-state index in [4.69, 9.17) is 0 Å². The largest absolute Gasteiger partial charge is 0.354 e. The lowest BCUT2D eigenvalue weighted by atomic mass is 10.2. The molecular weight excluding hydrogens is 270 g/mol. The molecule has 114 valence electrons. The Morgan fingerprint density at radius 3 is 2.71 bits per heavy atom. The van der Waals surface area contributed by atoms with Gasteiger partial charge in [0.15, 0.2) is 0 Å². The number of hydrogen-bond acceptors (Lipinski definition) is 5. The zero-order valence-electron chi connectivity index (χ0n) is 12.7. The summed E-state index contributed by atoms with van der Waals surface area (Å²) in [6.45, 7) is 8.03. The lowest BCUT2D eigenvalue weighted by Gasteiger charge is -2.07. The number of carbonyl (C=O) groups is 1. The van der Waals surface area contributed by atoms with E-state index in [1.165, 1.54) is 5.56 Å². The van der Waals surface area contributed by atoms with E-state index in [1.54, 1.807) is 11.0 Å². The van der Waals surface area contributed by atoms with Crippen molar-refractivity contribution in [3.05, 3.63) is 23.3 Å². The first-order valence-corrected chi connectivity index (χ1v) is 7.06. The summed E-state index contributed by atoms with van der Waals surface area (Å²) in [5.41, 5.74) is 3.41. The summed E-state index contributed by atoms with van der Waals surface area (Å²) in [5.74, 6) is 0.0429. The second kappa shape index (κ2) is 6.96. The van der Waals surface area contributed by atoms with Gasteiger partial charge in [0, 0.05) is 25.2 Å².